The number of halogens is 1. The number of carbonyl (C=O) groups excluding carboxylic acids is 1. The number of nitrogens with one attached hydrogen (secondary N) is 1. The highest BCUT2D eigenvalue weighted by molar-refractivity contribution is 6.31. The van der Waals surface area contributed by atoms with Crippen LogP contribution in [0.25, 0.3) is 11.4 Å². The summed E-state index contributed by atoms with van der Waals surface area (Å²) in [6.45, 7) is 0.249. The summed E-state index contributed by atoms with van der Waals surface area (Å²) >= 11 is 6.13. The molecule has 0 saturated heterocycles. The number of aromatic nitrogens is 2. The molecule has 30 heavy (non-hydrogen) atoms. The monoisotopic (exact) mass is 419 g/mol. The molecule has 6 nitrogen and oxygen atoms in total. The van der Waals surface area contributed by atoms with E-state index in [2.05, 4.69) is 15.5 Å². The van der Waals surface area contributed by atoms with Gasteiger partial charge in [0.1, 0.15) is 5.75 Å². The molecule has 0 bridgehead atoms. The van der Waals surface area contributed by atoms with Crippen molar-refractivity contribution in [2.24, 2.45) is 0 Å². The van der Waals surface area contributed by atoms with E-state index in [-0.39, 0.29) is 12.3 Å². The van der Waals surface area contributed by atoms with Crippen LogP contribution >= 0.6 is 11.6 Å². The van der Waals surface area contributed by atoms with E-state index >= 15 is 0 Å². The summed E-state index contributed by atoms with van der Waals surface area (Å²) in [5.74, 6) is 1.34. The summed E-state index contributed by atoms with van der Waals surface area (Å²) in [7, 11) is 1.59. The number of rotatable bonds is 7. The second kappa shape index (κ2) is 8.80. The van der Waals surface area contributed by atoms with Crippen LogP contribution in [0.15, 0.2) is 77.3 Å². The number of anilines is 1. The van der Waals surface area contributed by atoms with E-state index in [0.717, 1.165) is 5.56 Å². The Bertz CT molecular complexity index is 1180. The van der Waals surface area contributed by atoms with Gasteiger partial charge in [0.25, 0.3) is 0 Å². The van der Waals surface area contributed by atoms with Crippen molar-refractivity contribution in [1.29, 1.82) is 0 Å². The molecule has 0 aliphatic heterocycles. The van der Waals surface area contributed by atoms with Crippen LogP contribution in [0.3, 0.4) is 0 Å². The molecule has 3 aromatic carbocycles. The number of ketones is 1. The first-order valence-corrected chi connectivity index (χ1v) is 9.62. The van der Waals surface area contributed by atoms with Crippen molar-refractivity contribution in [1.82, 2.24) is 10.1 Å². The van der Waals surface area contributed by atoms with Gasteiger partial charge >= 0.3 is 0 Å². The fourth-order valence-corrected chi connectivity index (χ4v) is 3.21. The zero-order valence-corrected chi connectivity index (χ0v) is 16.9. The predicted octanol–water partition coefficient (Wildman–Crippen LogP) is 5.24. The summed E-state index contributed by atoms with van der Waals surface area (Å²) in [4.78, 5) is 17.3. The van der Waals surface area contributed by atoms with Crippen LogP contribution in [0.4, 0.5) is 5.69 Å². The SMILES string of the molecule is COc1ccccc1-c1noc(CNc2ccc(Cl)cc2C(=O)c2ccccc2)n1. The zero-order valence-electron chi connectivity index (χ0n) is 16.1. The lowest BCUT2D eigenvalue weighted by Crippen LogP contribution is -2.08. The van der Waals surface area contributed by atoms with Gasteiger partial charge in [-0.1, -0.05) is 59.2 Å². The van der Waals surface area contributed by atoms with Crippen molar-refractivity contribution in [3.05, 3.63) is 94.8 Å². The molecule has 4 aromatic rings. The van der Waals surface area contributed by atoms with E-state index in [1.165, 1.54) is 0 Å². The van der Waals surface area contributed by atoms with Crippen LogP contribution in [0.1, 0.15) is 21.8 Å². The summed E-state index contributed by atoms with van der Waals surface area (Å²) in [6, 6.07) is 21.6. The Morgan fingerprint density at radius 2 is 1.83 bits per heavy atom. The average Bonchev–Trinajstić information content (AvgIpc) is 3.27. The summed E-state index contributed by atoms with van der Waals surface area (Å²) in [5.41, 5.74) is 2.42. The maximum atomic E-state index is 12.9. The third kappa shape index (κ3) is 4.18. The predicted molar refractivity (Wildman–Crippen MR) is 115 cm³/mol. The Morgan fingerprint density at radius 3 is 2.63 bits per heavy atom. The van der Waals surface area contributed by atoms with Crippen LogP contribution < -0.4 is 10.1 Å². The minimum absolute atomic E-state index is 0.124. The molecule has 150 valence electrons. The highest BCUT2D eigenvalue weighted by Crippen LogP contribution is 2.28. The number of para-hydroxylation sites is 1. The van der Waals surface area contributed by atoms with Gasteiger partial charge in [0, 0.05) is 21.8 Å². The molecule has 7 heteroatoms. The van der Waals surface area contributed by atoms with Crippen LogP contribution in [-0.2, 0) is 6.54 Å². The lowest BCUT2D eigenvalue weighted by molar-refractivity contribution is 0.103. The molecule has 0 fully saturated rings. The molecule has 1 N–H and O–H groups in total. The maximum Gasteiger partial charge on any atom is 0.246 e. The number of benzene rings is 3. The lowest BCUT2D eigenvalue weighted by atomic mass is 10.0. The van der Waals surface area contributed by atoms with Crippen LogP contribution in [-0.4, -0.2) is 23.0 Å². The molecule has 0 aliphatic carbocycles. The van der Waals surface area contributed by atoms with Gasteiger partial charge in [-0.3, -0.25) is 4.79 Å². The van der Waals surface area contributed by atoms with Crippen LogP contribution in [0.5, 0.6) is 5.75 Å². The first kappa shape index (κ1) is 19.7. The van der Waals surface area contributed by atoms with E-state index in [9.17, 15) is 4.79 Å². The average molecular weight is 420 g/mol. The van der Waals surface area contributed by atoms with Crippen molar-refractivity contribution in [3.8, 4) is 17.1 Å². The Labute approximate surface area is 178 Å². The molecular weight excluding hydrogens is 402 g/mol. The highest BCUT2D eigenvalue weighted by Gasteiger charge is 2.16. The zero-order chi connectivity index (χ0) is 20.9. The Balaban J connectivity index is 1.55. The van der Waals surface area contributed by atoms with Gasteiger partial charge in [-0.15, -0.1) is 0 Å². The van der Waals surface area contributed by atoms with Gasteiger partial charge in [0.05, 0.1) is 19.2 Å². The summed E-state index contributed by atoms with van der Waals surface area (Å²) in [5, 5.41) is 7.71. The van der Waals surface area contributed by atoms with Crippen molar-refractivity contribution < 1.29 is 14.1 Å². The van der Waals surface area contributed by atoms with E-state index in [4.69, 9.17) is 20.9 Å². The minimum Gasteiger partial charge on any atom is -0.496 e. The van der Waals surface area contributed by atoms with Crippen molar-refractivity contribution in [2.75, 3.05) is 12.4 Å². The standard InChI is InChI=1S/C23H18ClN3O3/c1-29-20-10-6-5-9-17(20)23-26-21(30-27-23)14-25-19-12-11-16(24)13-18(19)22(28)15-7-3-2-4-8-15/h2-13,25H,14H2,1H3. The van der Waals surface area contributed by atoms with Crippen molar-refractivity contribution >= 4 is 23.1 Å². The normalized spacial score (nSPS) is 10.6. The molecular formula is C23H18ClN3O3. The molecule has 0 saturated carbocycles. The van der Waals surface area contributed by atoms with E-state index in [1.807, 2.05) is 42.5 Å². The molecule has 0 unspecified atom stereocenters. The first-order chi connectivity index (χ1) is 14.7. The number of carbonyl (C=O) groups is 1. The number of nitrogens with zero attached hydrogens (tertiary/aromatic N) is 2. The van der Waals surface area contributed by atoms with E-state index < -0.39 is 0 Å². The highest BCUT2D eigenvalue weighted by atomic mass is 35.5. The Kier molecular flexibility index (Phi) is 5.77. The van der Waals surface area contributed by atoms with Gasteiger partial charge in [0.15, 0.2) is 5.78 Å². The molecule has 0 radical (unpaired) electrons. The molecule has 0 amide bonds. The summed E-state index contributed by atoms with van der Waals surface area (Å²) in [6.07, 6.45) is 0. The Morgan fingerprint density at radius 1 is 1.07 bits per heavy atom. The van der Waals surface area contributed by atoms with E-state index in [0.29, 0.717) is 39.3 Å². The van der Waals surface area contributed by atoms with Gasteiger partial charge in [-0.2, -0.15) is 4.98 Å². The smallest absolute Gasteiger partial charge is 0.246 e. The van der Waals surface area contributed by atoms with Gasteiger partial charge in [0.2, 0.25) is 11.7 Å². The minimum atomic E-state index is -0.124. The third-order valence-corrected chi connectivity index (χ3v) is 4.74. The Hall–Kier alpha value is -3.64. The molecule has 0 atom stereocenters. The molecule has 4 rings (SSSR count). The number of hydrogen-bond donors (Lipinski definition) is 1. The van der Waals surface area contributed by atoms with Gasteiger partial charge < -0.3 is 14.6 Å². The second-order valence-corrected chi connectivity index (χ2v) is 6.89. The molecule has 1 aromatic heterocycles. The second-order valence-electron chi connectivity index (χ2n) is 6.45. The first-order valence-electron chi connectivity index (χ1n) is 9.25. The molecule has 1 heterocycles. The number of methoxy groups -OCH3 is 1. The van der Waals surface area contributed by atoms with Crippen molar-refractivity contribution in [3.63, 3.8) is 0 Å². The van der Waals surface area contributed by atoms with E-state index in [1.54, 1.807) is 37.4 Å². The van der Waals surface area contributed by atoms with Gasteiger partial charge in [-0.05, 0) is 30.3 Å². The topological polar surface area (TPSA) is 77.3 Å². The fraction of sp³-hybridized carbons (Fsp3) is 0.0870. The van der Waals surface area contributed by atoms with Crippen molar-refractivity contribution in [2.45, 2.75) is 6.54 Å². The van der Waals surface area contributed by atoms with Crippen LogP contribution in [0, 0.1) is 0 Å². The lowest BCUT2D eigenvalue weighted by Gasteiger charge is -2.10. The molecule has 0 aliphatic rings. The van der Waals surface area contributed by atoms with Gasteiger partial charge in [-0.25, -0.2) is 0 Å². The molecule has 0 spiro atoms. The number of hydrogen-bond acceptors (Lipinski definition) is 6. The maximum absolute atomic E-state index is 12.9. The largest absolute Gasteiger partial charge is 0.496 e. The quantitative estimate of drug-likeness (QED) is 0.413. The van der Waals surface area contributed by atoms with Crippen LogP contribution in [0.2, 0.25) is 5.02 Å². The third-order valence-electron chi connectivity index (χ3n) is 4.51. The fourth-order valence-electron chi connectivity index (χ4n) is 3.04. The number of ether oxygens (including phenoxy) is 1. The summed E-state index contributed by atoms with van der Waals surface area (Å²) < 4.78 is 10.7.